The SMILES string of the molecule is Bc1cccc(CN2C[C@H]3N(C(=O)CN(C)N3C(=O)NCc3ccc(F)cc3)[C@@H](Cc3ccc(O)cc3)C2=O)c1. The predicted molar refractivity (Wildman–Crippen MR) is 149 cm³/mol. The number of urea groups is 1. The predicted octanol–water partition coefficient (Wildman–Crippen LogP) is 0.970. The lowest BCUT2D eigenvalue weighted by Crippen LogP contribution is -2.76. The monoisotopic (exact) mass is 543 g/mol. The smallest absolute Gasteiger partial charge is 0.334 e. The average Bonchev–Trinajstić information content (AvgIpc) is 2.91. The number of hydrogen-bond acceptors (Lipinski definition) is 5. The van der Waals surface area contributed by atoms with Crippen LogP contribution < -0.4 is 10.8 Å². The van der Waals surface area contributed by atoms with Crippen LogP contribution in [0.15, 0.2) is 72.8 Å². The number of hydrazine groups is 1. The molecule has 0 saturated carbocycles. The number of rotatable bonds is 6. The van der Waals surface area contributed by atoms with Crippen LogP contribution in [0.3, 0.4) is 0 Å². The topological polar surface area (TPSA) is 96.4 Å². The number of carbonyl (C=O) groups is 3. The number of carbonyl (C=O) groups excluding carboxylic acids is 3. The maximum Gasteiger partial charge on any atom is 0.334 e. The summed E-state index contributed by atoms with van der Waals surface area (Å²) in [7, 11) is 3.65. The highest BCUT2D eigenvalue weighted by molar-refractivity contribution is 6.32. The van der Waals surface area contributed by atoms with Crippen LogP contribution in [0.5, 0.6) is 5.75 Å². The summed E-state index contributed by atoms with van der Waals surface area (Å²) >= 11 is 0. The molecule has 2 fully saturated rings. The Hall–Kier alpha value is -4.38. The van der Waals surface area contributed by atoms with Crippen molar-refractivity contribution in [3.8, 4) is 5.75 Å². The average molecular weight is 543 g/mol. The van der Waals surface area contributed by atoms with E-state index in [1.165, 1.54) is 22.0 Å². The number of phenolic OH excluding ortho intramolecular Hbond substituents is 1. The zero-order valence-electron chi connectivity index (χ0n) is 22.5. The van der Waals surface area contributed by atoms with Crippen LogP contribution in [0.25, 0.3) is 0 Å². The minimum Gasteiger partial charge on any atom is -0.508 e. The Morgan fingerprint density at radius 2 is 1.73 bits per heavy atom. The molecule has 0 aromatic heterocycles. The number of fused-ring (bicyclic) bond motifs is 1. The molecule has 11 heteroatoms. The minimum absolute atomic E-state index is 0.0717. The van der Waals surface area contributed by atoms with E-state index in [4.69, 9.17) is 0 Å². The Kier molecular flexibility index (Phi) is 7.75. The lowest BCUT2D eigenvalue weighted by atomic mass is 9.94. The first-order valence-corrected chi connectivity index (χ1v) is 13.2. The quantitative estimate of drug-likeness (QED) is 0.452. The summed E-state index contributed by atoms with van der Waals surface area (Å²) in [6.07, 6.45) is -0.496. The molecule has 2 aliphatic heterocycles. The Balaban J connectivity index is 1.45. The summed E-state index contributed by atoms with van der Waals surface area (Å²) in [5, 5.41) is 15.7. The molecule has 4 amide bonds. The molecule has 0 unspecified atom stereocenters. The molecule has 2 atom stereocenters. The molecule has 0 radical (unpaired) electrons. The van der Waals surface area contributed by atoms with Gasteiger partial charge in [-0.2, -0.15) is 0 Å². The summed E-state index contributed by atoms with van der Waals surface area (Å²) in [6, 6.07) is 19.0. The van der Waals surface area contributed by atoms with Crippen LogP contribution in [0, 0.1) is 5.82 Å². The number of amides is 4. The number of nitrogens with zero attached hydrogens (tertiary/aromatic N) is 4. The summed E-state index contributed by atoms with van der Waals surface area (Å²) in [5.74, 6) is -0.699. The molecule has 5 rings (SSSR count). The fraction of sp³-hybridized carbons (Fsp3) is 0.276. The van der Waals surface area contributed by atoms with Crippen molar-refractivity contribution in [3.05, 3.63) is 95.3 Å². The molecule has 2 saturated heterocycles. The number of likely N-dealkylation sites (N-methyl/N-ethyl adjacent to an activating group) is 1. The molecule has 206 valence electrons. The maximum atomic E-state index is 13.9. The fourth-order valence-electron chi connectivity index (χ4n) is 5.39. The van der Waals surface area contributed by atoms with Gasteiger partial charge in [-0.05, 0) is 41.0 Å². The highest BCUT2D eigenvalue weighted by Gasteiger charge is 2.50. The van der Waals surface area contributed by atoms with E-state index in [9.17, 15) is 23.9 Å². The van der Waals surface area contributed by atoms with Gasteiger partial charge in [0.2, 0.25) is 11.8 Å². The molecule has 9 nitrogen and oxygen atoms in total. The second-order valence-corrected chi connectivity index (χ2v) is 10.3. The largest absolute Gasteiger partial charge is 0.508 e. The summed E-state index contributed by atoms with van der Waals surface area (Å²) in [6.45, 7) is 0.573. The van der Waals surface area contributed by atoms with Crippen molar-refractivity contribution in [1.29, 1.82) is 0 Å². The van der Waals surface area contributed by atoms with Gasteiger partial charge < -0.3 is 20.2 Å². The van der Waals surface area contributed by atoms with Gasteiger partial charge in [-0.3, -0.25) is 9.59 Å². The van der Waals surface area contributed by atoms with Gasteiger partial charge in [0.25, 0.3) is 0 Å². The van der Waals surface area contributed by atoms with Crippen LogP contribution in [0.4, 0.5) is 9.18 Å². The van der Waals surface area contributed by atoms with Gasteiger partial charge in [-0.15, -0.1) is 0 Å². The van der Waals surface area contributed by atoms with E-state index in [2.05, 4.69) is 5.32 Å². The number of benzene rings is 3. The van der Waals surface area contributed by atoms with Crippen molar-refractivity contribution in [2.45, 2.75) is 31.7 Å². The third-order valence-corrected chi connectivity index (χ3v) is 7.33. The lowest BCUT2D eigenvalue weighted by Gasteiger charge is -2.54. The zero-order chi connectivity index (χ0) is 28.4. The van der Waals surface area contributed by atoms with Crippen LogP contribution in [0.1, 0.15) is 16.7 Å². The number of halogens is 1. The van der Waals surface area contributed by atoms with E-state index in [-0.39, 0.29) is 49.4 Å². The molecule has 0 aliphatic carbocycles. The second kappa shape index (κ2) is 11.4. The Morgan fingerprint density at radius 3 is 2.42 bits per heavy atom. The zero-order valence-corrected chi connectivity index (χ0v) is 22.5. The Morgan fingerprint density at radius 1 is 1.02 bits per heavy atom. The fourth-order valence-corrected chi connectivity index (χ4v) is 5.39. The normalized spacial score (nSPS) is 19.5. The highest BCUT2D eigenvalue weighted by Crippen LogP contribution is 2.29. The van der Waals surface area contributed by atoms with Gasteiger partial charge in [0.05, 0.1) is 13.1 Å². The van der Waals surface area contributed by atoms with Crippen molar-refractivity contribution in [1.82, 2.24) is 25.1 Å². The highest BCUT2D eigenvalue weighted by atomic mass is 19.1. The van der Waals surface area contributed by atoms with Gasteiger partial charge in [0.15, 0.2) is 0 Å². The number of aromatic hydroxyl groups is 1. The summed E-state index contributed by atoms with van der Waals surface area (Å²) in [4.78, 5) is 44.1. The van der Waals surface area contributed by atoms with Gasteiger partial charge in [0, 0.05) is 26.6 Å². The number of piperazine rings is 1. The lowest BCUT2D eigenvalue weighted by molar-refractivity contribution is -0.187. The van der Waals surface area contributed by atoms with E-state index < -0.39 is 18.2 Å². The third-order valence-electron chi connectivity index (χ3n) is 7.33. The first-order valence-electron chi connectivity index (χ1n) is 13.2. The van der Waals surface area contributed by atoms with Crippen molar-refractivity contribution >= 4 is 31.2 Å². The first kappa shape index (κ1) is 27.2. The molecular weight excluding hydrogens is 512 g/mol. The molecule has 40 heavy (non-hydrogen) atoms. The summed E-state index contributed by atoms with van der Waals surface area (Å²) < 4.78 is 13.3. The molecule has 0 bridgehead atoms. The van der Waals surface area contributed by atoms with Crippen LogP contribution in [-0.4, -0.2) is 83.0 Å². The van der Waals surface area contributed by atoms with Gasteiger partial charge in [-0.1, -0.05) is 54.0 Å². The van der Waals surface area contributed by atoms with Crippen molar-refractivity contribution in [3.63, 3.8) is 0 Å². The summed E-state index contributed by atoms with van der Waals surface area (Å²) in [5.41, 5.74) is 3.53. The van der Waals surface area contributed by atoms with E-state index >= 15 is 0 Å². The molecule has 2 aliphatic rings. The number of phenols is 1. The maximum absolute atomic E-state index is 13.9. The van der Waals surface area contributed by atoms with Crippen molar-refractivity contribution in [2.24, 2.45) is 0 Å². The van der Waals surface area contributed by atoms with E-state index in [0.29, 0.717) is 6.54 Å². The van der Waals surface area contributed by atoms with Crippen molar-refractivity contribution < 1.29 is 23.9 Å². The van der Waals surface area contributed by atoms with Gasteiger partial charge >= 0.3 is 6.03 Å². The van der Waals surface area contributed by atoms with Gasteiger partial charge in [-0.25, -0.2) is 19.2 Å². The standard InChI is InChI=1S/C29H31BFN5O4/c1-33-18-27(38)35-25(14-19-7-11-24(37)12-8-19)28(39)34(16-21-3-2-4-22(30)13-21)17-26(35)36(33)29(40)32-15-20-5-9-23(31)10-6-20/h2-13,25-26,37H,14-18,30H2,1H3,(H,32,40)/t25-,26-/m0/s1. The van der Waals surface area contributed by atoms with E-state index in [0.717, 1.165) is 22.2 Å². The molecule has 3 aromatic rings. The molecule has 2 N–H and O–H groups in total. The molecule has 3 aromatic carbocycles. The second-order valence-electron chi connectivity index (χ2n) is 10.3. The Bertz CT molecular complexity index is 1400. The van der Waals surface area contributed by atoms with Gasteiger partial charge in [0.1, 0.15) is 31.6 Å². The Labute approximate surface area is 233 Å². The molecular formula is C29H31BFN5O4. The van der Waals surface area contributed by atoms with Crippen LogP contribution in [0.2, 0.25) is 0 Å². The van der Waals surface area contributed by atoms with Crippen molar-refractivity contribution in [2.75, 3.05) is 20.1 Å². The molecule has 0 spiro atoms. The number of hydrogen-bond donors (Lipinski definition) is 2. The van der Waals surface area contributed by atoms with Crippen LogP contribution >= 0.6 is 0 Å². The van der Waals surface area contributed by atoms with E-state index in [1.54, 1.807) is 53.4 Å². The molecule has 2 heterocycles. The first-order chi connectivity index (χ1) is 19.2. The van der Waals surface area contributed by atoms with E-state index in [1.807, 2.05) is 32.1 Å². The van der Waals surface area contributed by atoms with Crippen LogP contribution in [-0.2, 0) is 29.1 Å². The third kappa shape index (κ3) is 5.79. The number of nitrogens with one attached hydrogen (secondary N) is 1. The minimum atomic E-state index is -0.832.